The van der Waals surface area contributed by atoms with Gasteiger partial charge in [-0.25, -0.2) is 4.79 Å². The summed E-state index contributed by atoms with van der Waals surface area (Å²) in [6.45, 7) is 4.29. The Labute approximate surface area is 207 Å². The summed E-state index contributed by atoms with van der Waals surface area (Å²) in [5.74, 6) is -0.699. The number of piperazine rings is 1. The van der Waals surface area contributed by atoms with Crippen molar-refractivity contribution in [2.75, 3.05) is 13.1 Å². The van der Waals surface area contributed by atoms with Crippen molar-refractivity contribution in [2.45, 2.75) is 38.5 Å². The number of rotatable bonds is 5. The Morgan fingerprint density at radius 2 is 1.76 bits per heavy atom. The van der Waals surface area contributed by atoms with Crippen LogP contribution in [0.2, 0.25) is 15.1 Å². The van der Waals surface area contributed by atoms with Gasteiger partial charge >= 0.3 is 5.97 Å². The lowest BCUT2D eigenvalue weighted by atomic mass is 9.83. The van der Waals surface area contributed by atoms with Crippen LogP contribution < -0.4 is 10.1 Å². The van der Waals surface area contributed by atoms with Gasteiger partial charge in [-0.1, -0.05) is 59.1 Å². The quantitative estimate of drug-likeness (QED) is 0.541. The van der Waals surface area contributed by atoms with Crippen LogP contribution in [0.3, 0.4) is 0 Å². The Kier molecular flexibility index (Phi) is 6.91. The zero-order chi connectivity index (χ0) is 23.9. The lowest BCUT2D eigenvalue weighted by molar-refractivity contribution is -0.135. The molecule has 4 rings (SSSR count). The molecular formula is C24H23Cl3N2O4. The van der Waals surface area contributed by atoms with Gasteiger partial charge in [0.1, 0.15) is 11.1 Å². The summed E-state index contributed by atoms with van der Waals surface area (Å²) in [6, 6.07) is 10.5. The van der Waals surface area contributed by atoms with Gasteiger partial charge in [-0.05, 0) is 42.2 Å². The van der Waals surface area contributed by atoms with Crippen molar-refractivity contribution in [3.8, 4) is 5.75 Å². The lowest BCUT2D eigenvalue weighted by Crippen LogP contribution is -2.61. The number of carbonyl (C=O) groups is 2. The Hall–Kier alpha value is -2.25. The summed E-state index contributed by atoms with van der Waals surface area (Å²) in [5, 5.41) is 14.3. The van der Waals surface area contributed by atoms with Gasteiger partial charge in [-0.3, -0.25) is 4.79 Å². The third-order valence-electron chi connectivity index (χ3n) is 6.11. The first-order valence-electron chi connectivity index (χ1n) is 10.5. The number of benzene rings is 2. The molecule has 2 aliphatic rings. The number of carboxylic acids is 1. The second-order valence-corrected chi connectivity index (χ2v) is 9.49. The van der Waals surface area contributed by atoms with E-state index in [-0.39, 0.29) is 23.1 Å². The van der Waals surface area contributed by atoms with Crippen molar-refractivity contribution in [1.29, 1.82) is 0 Å². The first-order chi connectivity index (χ1) is 15.7. The molecule has 3 atom stereocenters. The Morgan fingerprint density at radius 3 is 2.39 bits per heavy atom. The molecule has 2 aromatic carbocycles. The average molecular weight is 510 g/mol. The van der Waals surface area contributed by atoms with Crippen LogP contribution in [-0.2, 0) is 9.59 Å². The molecule has 1 saturated heterocycles. The number of fused-ring (bicyclic) bond motifs is 2. The normalized spacial score (nSPS) is 21.1. The third-order valence-corrected chi connectivity index (χ3v) is 7.19. The number of ether oxygens (including phenoxy) is 1. The standard InChI is InChI=1S/C24H23Cl3N2O4/c1-12(33-23-19(26)8-7-18(25)22(23)27)14-3-5-15(6-4-14)17-9-16-10-29(13(2)30)11-20(28-16)21(17)24(31)32/h3-8,12,16,20,28H,9-11H2,1-2H3,(H,31,32). The molecule has 0 aromatic heterocycles. The molecule has 0 saturated carbocycles. The van der Waals surface area contributed by atoms with E-state index >= 15 is 0 Å². The minimum absolute atomic E-state index is 0.0137. The summed E-state index contributed by atoms with van der Waals surface area (Å²) in [4.78, 5) is 25.7. The number of amides is 1. The number of halogens is 3. The van der Waals surface area contributed by atoms with Gasteiger partial charge in [-0.2, -0.15) is 0 Å². The molecule has 1 fully saturated rings. The molecule has 2 aromatic rings. The molecule has 0 aliphatic carbocycles. The van der Waals surface area contributed by atoms with Gasteiger partial charge in [0.25, 0.3) is 0 Å². The van der Waals surface area contributed by atoms with Gasteiger partial charge in [0.15, 0.2) is 5.75 Å². The van der Waals surface area contributed by atoms with E-state index in [9.17, 15) is 14.7 Å². The van der Waals surface area contributed by atoms with E-state index in [1.807, 2.05) is 31.2 Å². The Morgan fingerprint density at radius 1 is 1.09 bits per heavy atom. The molecular weight excluding hydrogens is 487 g/mol. The predicted molar refractivity (Wildman–Crippen MR) is 129 cm³/mol. The molecule has 174 valence electrons. The van der Waals surface area contributed by atoms with Crippen LogP contribution >= 0.6 is 34.8 Å². The van der Waals surface area contributed by atoms with Crippen molar-refractivity contribution in [2.24, 2.45) is 0 Å². The molecule has 0 radical (unpaired) electrons. The highest BCUT2D eigenvalue weighted by molar-refractivity contribution is 6.44. The summed E-state index contributed by atoms with van der Waals surface area (Å²) in [5.41, 5.74) is 2.82. The van der Waals surface area contributed by atoms with Crippen LogP contribution in [0.4, 0.5) is 0 Å². The summed E-state index contributed by atoms with van der Waals surface area (Å²) in [7, 11) is 0. The molecule has 3 unspecified atom stereocenters. The summed E-state index contributed by atoms with van der Waals surface area (Å²) in [6.07, 6.45) is 0.165. The highest BCUT2D eigenvalue weighted by Gasteiger charge is 2.39. The molecule has 33 heavy (non-hydrogen) atoms. The number of carbonyl (C=O) groups excluding carboxylic acids is 1. The molecule has 6 nitrogen and oxygen atoms in total. The fraction of sp³-hybridized carbons (Fsp3) is 0.333. The van der Waals surface area contributed by atoms with E-state index in [4.69, 9.17) is 39.5 Å². The van der Waals surface area contributed by atoms with Crippen molar-refractivity contribution >= 4 is 52.3 Å². The first kappa shape index (κ1) is 23.9. The zero-order valence-electron chi connectivity index (χ0n) is 18.1. The zero-order valence-corrected chi connectivity index (χ0v) is 20.3. The molecule has 2 heterocycles. The van der Waals surface area contributed by atoms with Gasteiger partial charge < -0.3 is 20.1 Å². The number of nitrogens with one attached hydrogen (secondary N) is 1. The van der Waals surface area contributed by atoms with E-state index in [1.54, 1.807) is 17.0 Å². The van der Waals surface area contributed by atoms with Crippen molar-refractivity contribution < 1.29 is 19.4 Å². The molecule has 9 heteroatoms. The lowest BCUT2D eigenvalue weighted by Gasteiger charge is -2.43. The summed E-state index contributed by atoms with van der Waals surface area (Å²) < 4.78 is 5.98. The monoisotopic (exact) mass is 508 g/mol. The number of hydrogen-bond donors (Lipinski definition) is 2. The second kappa shape index (κ2) is 9.55. The van der Waals surface area contributed by atoms with Crippen LogP contribution in [0.1, 0.15) is 37.5 Å². The molecule has 1 amide bonds. The SMILES string of the molecule is CC(=O)N1CC2CC(c3ccc(C(C)Oc4c(Cl)ccc(Cl)c4Cl)cc3)=C(C(=O)O)C(C1)N2. The van der Waals surface area contributed by atoms with Crippen molar-refractivity contribution in [3.63, 3.8) is 0 Å². The van der Waals surface area contributed by atoms with Crippen molar-refractivity contribution in [3.05, 3.63) is 68.2 Å². The summed E-state index contributed by atoms with van der Waals surface area (Å²) >= 11 is 18.5. The fourth-order valence-corrected chi connectivity index (χ4v) is 5.05. The van der Waals surface area contributed by atoms with Gasteiger partial charge in [0.05, 0.1) is 21.7 Å². The minimum atomic E-state index is -0.975. The minimum Gasteiger partial charge on any atom is -0.483 e. The first-order valence-corrected chi connectivity index (χ1v) is 11.7. The maximum Gasteiger partial charge on any atom is 0.333 e. The van der Waals surface area contributed by atoms with Gasteiger partial charge in [0.2, 0.25) is 5.91 Å². The van der Waals surface area contributed by atoms with E-state index in [2.05, 4.69) is 5.32 Å². The highest BCUT2D eigenvalue weighted by atomic mass is 35.5. The van der Waals surface area contributed by atoms with E-state index < -0.39 is 12.0 Å². The molecule has 2 N–H and O–H groups in total. The van der Waals surface area contributed by atoms with Crippen LogP contribution in [0.25, 0.3) is 5.57 Å². The maximum atomic E-state index is 12.1. The van der Waals surface area contributed by atoms with E-state index in [1.165, 1.54) is 6.92 Å². The molecule has 2 aliphatic heterocycles. The smallest absolute Gasteiger partial charge is 0.333 e. The number of nitrogens with zero attached hydrogens (tertiary/aromatic N) is 1. The van der Waals surface area contributed by atoms with Crippen LogP contribution in [0.5, 0.6) is 5.75 Å². The fourth-order valence-electron chi connectivity index (χ4n) is 4.44. The largest absolute Gasteiger partial charge is 0.483 e. The van der Waals surface area contributed by atoms with Gasteiger partial charge in [-0.15, -0.1) is 0 Å². The number of hydrogen-bond acceptors (Lipinski definition) is 4. The average Bonchev–Trinajstić information content (AvgIpc) is 2.78. The highest BCUT2D eigenvalue weighted by Crippen LogP contribution is 2.40. The second-order valence-electron chi connectivity index (χ2n) is 8.30. The van der Waals surface area contributed by atoms with Crippen molar-refractivity contribution in [1.82, 2.24) is 10.2 Å². The maximum absolute atomic E-state index is 12.1. The van der Waals surface area contributed by atoms with Crippen LogP contribution in [0, 0.1) is 0 Å². The van der Waals surface area contributed by atoms with Gasteiger partial charge in [0, 0.05) is 26.1 Å². The van der Waals surface area contributed by atoms with E-state index in [0.29, 0.717) is 40.9 Å². The third kappa shape index (κ3) is 4.85. The van der Waals surface area contributed by atoms with E-state index in [0.717, 1.165) is 16.7 Å². The van der Waals surface area contributed by atoms with Crippen LogP contribution in [0.15, 0.2) is 42.0 Å². The number of carboxylic acid groups (broad SMARTS) is 1. The Balaban J connectivity index is 1.60. The Bertz CT molecular complexity index is 1130. The topological polar surface area (TPSA) is 78.9 Å². The molecule has 2 bridgehead atoms. The number of aliphatic carboxylic acids is 1. The molecule has 0 spiro atoms. The predicted octanol–water partition coefficient (Wildman–Crippen LogP) is 5.22. The van der Waals surface area contributed by atoms with Crippen LogP contribution in [-0.4, -0.2) is 47.1 Å².